The lowest BCUT2D eigenvalue weighted by atomic mass is 10.0. The first-order valence-corrected chi connectivity index (χ1v) is 8.19. The fourth-order valence-corrected chi connectivity index (χ4v) is 2.68. The van der Waals surface area contributed by atoms with Crippen LogP contribution in [0, 0.1) is 10.1 Å². The number of non-ortho nitro benzene ring substituents is 1. The van der Waals surface area contributed by atoms with Crippen molar-refractivity contribution in [2.24, 2.45) is 0 Å². The average Bonchev–Trinajstić information content (AvgIpc) is 2.71. The standard InChI is InChI=1S/C19H17N3O5/c23-11-17(18(24)13-5-8-14(9-6-13)22(26)27)21-19(25)16-10-7-12-3-1-2-4-15(12)20-16/h1-10,17-18,23-24H,11H2,(H,21,25)/t17-,18-/m1/s1. The van der Waals surface area contributed by atoms with Crippen LogP contribution in [0.15, 0.2) is 60.7 Å². The van der Waals surface area contributed by atoms with Gasteiger partial charge in [0.25, 0.3) is 11.6 Å². The van der Waals surface area contributed by atoms with Gasteiger partial charge in [0.05, 0.1) is 23.1 Å². The number of pyridine rings is 1. The van der Waals surface area contributed by atoms with Crippen LogP contribution in [-0.2, 0) is 0 Å². The summed E-state index contributed by atoms with van der Waals surface area (Å²) in [6.07, 6.45) is -1.24. The van der Waals surface area contributed by atoms with Crippen molar-refractivity contribution in [1.82, 2.24) is 10.3 Å². The lowest BCUT2D eigenvalue weighted by molar-refractivity contribution is -0.384. The van der Waals surface area contributed by atoms with Crippen LogP contribution in [0.25, 0.3) is 10.9 Å². The highest BCUT2D eigenvalue weighted by molar-refractivity contribution is 5.95. The van der Waals surface area contributed by atoms with Gasteiger partial charge >= 0.3 is 0 Å². The highest BCUT2D eigenvalue weighted by Crippen LogP contribution is 2.21. The first-order valence-electron chi connectivity index (χ1n) is 8.19. The highest BCUT2D eigenvalue weighted by atomic mass is 16.6. The molecule has 0 aliphatic rings. The van der Waals surface area contributed by atoms with Crippen molar-refractivity contribution in [2.45, 2.75) is 12.1 Å². The van der Waals surface area contributed by atoms with Crippen LogP contribution in [-0.4, -0.2) is 38.7 Å². The normalized spacial score (nSPS) is 13.1. The van der Waals surface area contributed by atoms with E-state index in [9.17, 15) is 25.1 Å². The topological polar surface area (TPSA) is 126 Å². The van der Waals surface area contributed by atoms with Crippen molar-refractivity contribution in [3.8, 4) is 0 Å². The Morgan fingerprint density at radius 1 is 1.11 bits per heavy atom. The maximum atomic E-state index is 12.5. The van der Waals surface area contributed by atoms with Gasteiger partial charge in [-0.1, -0.05) is 24.3 Å². The molecule has 2 aromatic carbocycles. The SMILES string of the molecule is O=C(N[C@H](CO)[C@H](O)c1ccc([N+](=O)[O-])cc1)c1ccc2ccccc2n1. The number of nitro benzene ring substituents is 1. The molecule has 1 heterocycles. The van der Waals surface area contributed by atoms with E-state index in [2.05, 4.69) is 10.3 Å². The van der Waals surface area contributed by atoms with Gasteiger partial charge in [0, 0.05) is 17.5 Å². The molecule has 0 bridgehead atoms. The van der Waals surface area contributed by atoms with Crippen molar-refractivity contribution >= 4 is 22.5 Å². The Hall–Kier alpha value is -3.36. The summed E-state index contributed by atoms with van der Waals surface area (Å²) in [5.41, 5.74) is 1.03. The first kappa shape index (κ1) is 18.4. The third-order valence-electron chi connectivity index (χ3n) is 4.17. The molecule has 0 aliphatic carbocycles. The fraction of sp³-hybridized carbons (Fsp3) is 0.158. The summed E-state index contributed by atoms with van der Waals surface area (Å²) in [5.74, 6) is -0.541. The number of aliphatic hydroxyl groups excluding tert-OH is 2. The van der Waals surface area contributed by atoms with Crippen molar-refractivity contribution in [2.75, 3.05) is 6.61 Å². The molecule has 8 nitrogen and oxygen atoms in total. The number of para-hydroxylation sites is 1. The quantitative estimate of drug-likeness (QED) is 0.452. The Bertz CT molecular complexity index is 975. The number of nitrogens with one attached hydrogen (secondary N) is 1. The maximum Gasteiger partial charge on any atom is 0.270 e. The molecule has 8 heteroatoms. The van der Waals surface area contributed by atoms with Gasteiger partial charge < -0.3 is 15.5 Å². The van der Waals surface area contributed by atoms with E-state index in [0.717, 1.165) is 5.39 Å². The van der Waals surface area contributed by atoms with E-state index in [4.69, 9.17) is 0 Å². The molecule has 0 fully saturated rings. The molecule has 138 valence electrons. The second-order valence-electron chi connectivity index (χ2n) is 5.95. The van der Waals surface area contributed by atoms with Crippen molar-refractivity contribution < 1.29 is 19.9 Å². The molecule has 1 amide bonds. The molecule has 3 aromatic rings. The van der Waals surface area contributed by atoms with Gasteiger partial charge in [-0.25, -0.2) is 4.98 Å². The summed E-state index contributed by atoms with van der Waals surface area (Å²) < 4.78 is 0. The first-order chi connectivity index (χ1) is 13.0. The Morgan fingerprint density at radius 2 is 1.81 bits per heavy atom. The summed E-state index contributed by atoms with van der Waals surface area (Å²) in [4.78, 5) is 26.9. The Labute approximate surface area is 154 Å². The number of nitro groups is 1. The van der Waals surface area contributed by atoms with Crippen molar-refractivity contribution in [3.63, 3.8) is 0 Å². The van der Waals surface area contributed by atoms with Crippen LogP contribution in [0.2, 0.25) is 0 Å². The minimum atomic E-state index is -1.24. The van der Waals surface area contributed by atoms with E-state index in [1.54, 1.807) is 18.2 Å². The second-order valence-corrected chi connectivity index (χ2v) is 5.95. The molecule has 3 N–H and O–H groups in total. The van der Waals surface area contributed by atoms with E-state index >= 15 is 0 Å². The molecule has 0 aliphatic heterocycles. The monoisotopic (exact) mass is 367 g/mol. The molecule has 2 atom stereocenters. The Morgan fingerprint density at radius 3 is 2.48 bits per heavy atom. The van der Waals surface area contributed by atoms with Gasteiger partial charge in [-0.05, 0) is 29.8 Å². The molecular weight excluding hydrogens is 350 g/mol. The lowest BCUT2D eigenvalue weighted by Gasteiger charge is -2.22. The fourth-order valence-electron chi connectivity index (χ4n) is 2.68. The number of fused-ring (bicyclic) bond motifs is 1. The number of carbonyl (C=O) groups excluding carboxylic acids is 1. The predicted octanol–water partition coefficient (Wildman–Crippen LogP) is 1.97. The number of amides is 1. The van der Waals surface area contributed by atoms with Crippen molar-refractivity contribution in [1.29, 1.82) is 0 Å². The second kappa shape index (κ2) is 7.90. The minimum Gasteiger partial charge on any atom is -0.394 e. The third-order valence-corrected chi connectivity index (χ3v) is 4.17. The van der Waals surface area contributed by atoms with Crippen LogP contribution in [0.1, 0.15) is 22.2 Å². The van der Waals surface area contributed by atoms with Crippen LogP contribution in [0.5, 0.6) is 0 Å². The summed E-state index contributed by atoms with van der Waals surface area (Å²) in [7, 11) is 0. The number of rotatable bonds is 6. The van der Waals surface area contributed by atoms with Gasteiger partial charge in [0.15, 0.2) is 0 Å². The molecule has 3 rings (SSSR count). The number of aliphatic hydroxyl groups is 2. The van der Waals surface area contributed by atoms with E-state index in [-0.39, 0.29) is 11.4 Å². The Kier molecular flexibility index (Phi) is 5.39. The van der Waals surface area contributed by atoms with Gasteiger partial charge in [-0.3, -0.25) is 14.9 Å². The van der Waals surface area contributed by atoms with Crippen molar-refractivity contribution in [3.05, 3.63) is 82.0 Å². The number of benzene rings is 2. The zero-order chi connectivity index (χ0) is 19.4. The summed E-state index contributed by atoms with van der Waals surface area (Å²) in [6, 6.07) is 14.9. The molecular formula is C19H17N3O5. The number of aromatic nitrogens is 1. The third kappa shape index (κ3) is 4.08. The molecule has 1 aromatic heterocycles. The van der Waals surface area contributed by atoms with Gasteiger partial charge in [-0.15, -0.1) is 0 Å². The van der Waals surface area contributed by atoms with Crippen LogP contribution in [0.4, 0.5) is 5.69 Å². The van der Waals surface area contributed by atoms with E-state index in [0.29, 0.717) is 11.1 Å². The molecule has 0 saturated heterocycles. The number of hydrogen-bond donors (Lipinski definition) is 3. The molecule has 0 unspecified atom stereocenters. The molecule has 27 heavy (non-hydrogen) atoms. The number of hydrogen-bond acceptors (Lipinski definition) is 6. The van der Waals surface area contributed by atoms with E-state index in [1.807, 2.05) is 18.2 Å². The van der Waals surface area contributed by atoms with E-state index in [1.165, 1.54) is 24.3 Å². The largest absolute Gasteiger partial charge is 0.394 e. The molecule has 0 spiro atoms. The molecule has 0 saturated carbocycles. The van der Waals surface area contributed by atoms with E-state index < -0.39 is 29.6 Å². The predicted molar refractivity (Wildman–Crippen MR) is 98.1 cm³/mol. The summed E-state index contributed by atoms with van der Waals surface area (Å²) in [5, 5.41) is 34.1. The van der Waals surface area contributed by atoms with Gasteiger partial charge in [0.2, 0.25) is 0 Å². The maximum absolute atomic E-state index is 12.5. The van der Waals surface area contributed by atoms with Gasteiger partial charge in [-0.2, -0.15) is 0 Å². The smallest absolute Gasteiger partial charge is 0.270 e. The zero-order valence-corrected chi connectivity index (χ0v) is 14.1. The van der Waals surface area contributed by atoms with Crippen LogP contribution in [0.3, 0.4) is 0 Å². The van der Waals surface area contributed by atoms with Crippen LogP contribution >= 0.6 is 0 Å². The minimum absolute atomic E-state index is 0.115. The number of carbonyl (C=O) groups is 1. The zero-order valence-electron chi connectivity index (χ0n) is 14.1. The summed E-state index contributed by atoms with van der Waals surface area (Å²) in [6.45, 7) is -0.516. The van der Waals surface area contributed by atoms with Gasteiger partial charge in [0.1, 0.15) is 11.8 Å². The van der Waals surface area contributed by atoms with Crippen LogP contribution < -0.4 is 5.32 Å². The number of nitrogens with zero attached hydrogens (tertiary/aromatic N) is 2. The average molecular weight is 367 g/mol. The molecule has 0 radical (unpaired) electrons. The Balaban J connectivity index is 1.76. The summed E-state index contributed by atoms with van der Waals surface area (Å²) >= 11 is 0. The lowest BCUT2D eigenvalue weighted by Crippen LogP contribution is -2.42. The highest BCUT2D eigenvalue weighted by Gasteiger charge is 2.24.